The molecule has 0 saturated heterocycles. The Kier molecular flexibility index (Phi) is 5.55. The first-order valence-electron chi connectivity index (χ1n) is 7.62. The summed E-state index contributed by atoms with van der Waals surface area (Å²) >= 11 is 0. The maximum atomic E-state index is 13.7. The molecule has 1 aromatic rings. The minimum Gasteiger partial charge on any atom is -0.312 e. The van der Waals surface area contributed by atoms with Crippen molar-refractivity contribution in [2.45, 2.75) is 45.6 Å². The molecule has 2 rings (SSSR count). The zero-order chi connectivity index (χ0) is 14.4. The van der Waals surface area contributed by atoms with Gasteiger partial charge in [-0.05, 0) is 43.4 Å². The van der Waals surface area contributed by atoms with Gasteiger partial charge in [-0.25, -0.2) is 4.39 Å². The molecule has 3 heteroatoms. The highest BCUT2D eigenvalue weighted by Crippen LogP contribution is 2.30. The summed E-state index contributed by atoms with van der Waals surface area (Å²) in [5.74, 6) is 1.37. The highest BCUT2D eigenvalue weighted by molar-refractivity contribution is 5.32. The monoisotopic (exact) mass is 274 g/mol. The number of halogens is 1. The first-order valence-corrected chi connectivity index (χ1v) is 7.62. The normalized spacial score (nSPS) is 22.4. The number of nitrogens with one attached hydrogen (secondary N) is 1. The third-order valence-corrected chi connectivity index (χ3v) is 4.47. The van der Waals surface area contributed by atoms with Crippen LogP contribution in [0.5, 0.6) is 0 Å². The largest absolute Gasteiger partial charge is 0.312 e. The second-order valence-electron chi connectivity index (χ2n) is 5.84. The van der Waals surface area contributed by atoms with Gasteiger partial charge in [0.1, 0.15) is 5.82 Å². The summed E-state index contributed by atoms with van der Waals surface area (Å²) in [5.41, 5.74) is 1.02. The van der Waals surface area contributed by atoms with Crippen LogP contribution >= 0.6 is 0 Å². The molecular formula is C17H23FN2. The zero-order valence-electron chi connectivity index (χ0n) is 12.2. The smallest absolute Gasteiger partial charge is 0.129 e. The molecule has 1 saturated carbocycles. The van der Waals surface area contributed by atoms with E-state index < -0.39 is 0 Å². The van der Waals surface area contributed by atoms with Gasteiger partial charge in [0.15, 0.2) is 0 Å². The van der Waals surface area contributed by atoms with E-state index in [4.69, 9.17) is 5.26 Å². The maximum Gasteiger partial charge on any atom is 0.129 e. The van der Waals surface area contributed by atoms with E-state index in [1.807, 2.05) is 6.07 Å². The predicted octanol–water partition coefficient (Wildman–Crippen LogP) is 4.00. The van der Waals surface area contributed by atoms with Gasteiger partial charge in [-0.1, -0.05) is 32.3 Å². The second-order valence-corrected chi connectivity index (χ2v) is 5.84. The first kappa shape index (κ1) is 15.0. The molecule has 0 spiro atoms. The molecule has 1 aliphatic carbocycles. The Labute approximate surface area is 121 Å². The maximum absolute atomic E-state index is 13.7. The lowest BCUT2D eigenvalue weighted by atomic mass is 9.81. The van der Waals surface area contributed by atoms with Gasteiger partial charge in [-0.15, -0.1) is 0 Å². The quantitative estimate of drug-likeness (QED) is 0.880. The van der Waals surface area contributed by atoms with Crippen LogP contribution < -0.4 is 5.32 Å². The van der Waals surface area contributed by atoms with Crippen LogP contribution in [0.4, 0.5) is 4.39 Å². The van der Waals surface area contributed by atoms with Crippen LogP contribution in [0, 0.1) is 29.0 Å². The van der Waals surface area contributed by atoms with Gasteiger partial charge in [0.2, 0.25) is 0 Å². The topological polar surface area (TPSA) is 35.8 Å². The minimum atomic E-state index is -0.286. The molecule has 0 aromatic heterocycles. The molecule has 0 radical (unpaired) electrons. The third-order valence-electron chi connectivity index (χ3n) is 4.47. The lowest BCUT2D eigenvalue weighted by Gasteiger charge is -2.27. The summed E-state index contributed by atoms with van der Waals surface area (Å²) in [5, 5.41) is 12.1. The van der Waals surface area contributed by atoms with E-state index in [1.54, 1.807) is 12.1 Å². The van der Waals surface area contributed by atoms with E-state index in [-0.39, 0.29) is 5.82 Å². The van der Waals surface area contributed by atoms with E-state index in [9.17, 15) is 4.39 Å². The summed E-state index contributed by atoms with van der Waals surface area (Å²) in [6.07, 6.45) is 6.57. The van der Waals surface area contributed by atoms with Crippen molar-refractivity contribution in [1.29, 1.82) is 5.26 Å². The first-order chi connectivity index (χ1) is 9.72. The molecule has 20 heavy (non-hydrogen) atoms. The van der Waals surface area contributed by atoms with Gasteiger partial charge >= 0.3 is 0 Å². The van der Waals surface area contributed by atoms with E-state index in [0.717, 1.165) is 18.4 Å². The van der Waals surface area contributed by atoms with Crippen LogP contribution in [-0.2, 0) is 6.54 Å². The van der Waals surface area contributed by atoms with Crippen LogP contribution in [-0.4, -0.2) is 6.54 Å². The van der Waals surface area contributed by atoms with Crippen LogP contribution in [0.2, 0.25) is 0 Å². The van der Waals surface area contributed by atoms with Gasteiger partial charge in [0.25, 0.3) is 0 Å². The van der Waals surface area contributed by atoms with Gasteiger partial charge in [-0.3, -0.25) is 0 Å². The summed E-state index contributed by atoms with van der Waals surface area (Å²) in [6.45, 7) is 3.79. The van der Waals surface area contributed by atoms with Gasteiger partial charge < -0.3 is 5.32 Å². The van der Waals surface area contributed by atoms with Crippen molar-refractivity contribution >= 4 is 0 Å². The molecular weight excluding hydrogens is 251 g/mol. The molecule has 0 unspecified atom stereocenters. The number of rotatable bonds is 5. The Morgan fingerprint density at radius 1 is 1.25 bits per heavy atom. The highest BCUT2D eigenvalue weighted by atomic mass is 19.1. The molecule has 0 atom stereocenters. The van der Waals surface area contributed by atoms with Crippen LogP contribution in [0.25, 0.3) is 0 Å². The van der Waals surface area contributed by atoms with E-state index in [2.05, 4.69) is 12.2 Å². The highest BCUT2D eigenvalue weighted by Gasteiger charge is 2.19. The number of nitriles is 1. The van der Waals surface area contributed by atoms with Crippen LogP contribution in [0.15, 0.2) is 18.2 Å². The van der Waals surface area contributed by atoms with E-state index in [1.165, 1.54) is 38.2 Å². The zero-order valence-corrected chi connectivity index (χ0v) is 12.2. The number of benzene rings is 1. The second kappa shape index (κ2) is 7.40. The SMILES string of the molecule is CCC1CCC(CNCc2ccc(C#N)cc2F)CC1. The molecule has 1 N–H and O–H groups in total. The van der Waals surface area contributed by atoms with Crippen LogP contribution in [0.3, 0.4) is 0 Å². The summed E-state index contributed by atoms with van der Waals surface area (Å²) in [7, 11) is 0. The molecule has 1 aliphatic rings. The number of nitrogens with zero attached hydrogens (tertiary/aromatic N) is 1. The van der Waals surface area contributed by atoms with E-state index >= 15 is 0 Å². The average molecular weight is 274 g/mol. The molecule has 108 valence electrons. The van der Waals surface area contributed by atoms with E-state index in [0.29, 0.717) is 17.7 Å². The van der Waals surface area contributed by atoms with Gasteiger partial charge in [-0.2, -0.15) is 5.26 Å². The van der Waals surface area contributed by atoms with Crippen molar-refractivity contribution in [2.24, 2.45) is 11.8 Å². The van der Waals surface area contributed by atoms with Crippen molar-refractivity contribution < 1.29 is 4.39 Å². The fourth-order valence-electron chi connectivity index (χ4n) is 3.02. The molecule has 0 amide bonds. The Morgan fingerprint density at radius 2 is 1.95 bits per heavy atom. The minimum absolute atomic E-state index is 0.286. The Morgan fingerprint density at radius 3 is 2.55 bits per heavy atom. The Balaban J connectivity index is 1.75. The molecule has 1 aromatic carbocycles. The fraction of sp³-hybridized carbons (Fsp3) is 0.588. The summed E-state index contributed by atoms with van der Waals surface area (Å²) < 4.78 is 13.7. The molecule has 0 aliphatic heterocycles. The van der Waals surface area contributed by atoms with Crippen molar-refractivity contribution in [3.8, 4) is 6.07 Å². The van der Waals surface area contributed by atoms with Crippen LogP contribution in [0.1, 0.15) is 50.2 Å². The number of hydrogen-bond donors (Lipinski definition) is 1. The standard InChI is InChI=1S/C17H23FN2/c1-2-13-3-5-14(6-4-13)11-20-12-16-8-7-15(10-19)9-17(16)18/h7-9,13-14,20H,2-6,11-12H2,1H3. The molecule has 1 fully saturated rings. The lowest BCUT2D eigenvalue weighted by Crippen LogP contribution is -2.26. The predicted molar refractivity (Wildman–Crippen MR) is 78.6 cm³/mol. The van der Waals surface area contributed by atoms with Crippen molar-refractivity contribution in [2.75, 3.05) is 6.54 Å². The van der Waals surface area contributed by atoms with Crippen molar-refractivity contribution in [3.63, 3.8) is 0 Å². The van der Waals surface area contributed by atoms with Gasteiger partial charge in [0.05, 0.1) is 11.6 Å². The fourth-order valence-corrected chi connectivity index (χ4v) is 3.02. The summed E-state index contributed by atoms with van der Waals surface area (Å²) in [6, 6.07) is 6.64. The van der Waals surface area contributed by atoms with Crippen molar-refractivity contribution in [3.05, 3.63) is 35.1 Å². The third kappa shape index (κ3) is 4.05. The van der Waals surface area contributed by atoms with Gasteiger partial charge in [0, 0.05) is 12.1 Å². The summed E-state index contributed by atoms with van der Waals surface area (Å²) in [4.78, 5) is 0. The Hall–Kier alpha value is -1.40. The Bertz CT molecular complexity index is 470. The average Bonchev–Trinajstić information content (AvgIpc) is 2.49. The lowest BCUT2D eigenvalue weighted by molar-refractivity contribution is 0.262. The molecule has 0 bridgehead atoms. The number of hydrogen-bond acceptors (Lipinski definition) is 2. The molecule has 2 nitrogen and oxygen atoms in total. The van der Waals surface area contributed by atoms with Crippen molar-refractivity contribution in [1.82, 2.24) is 5.32 Å². The molecule has 0 heterocycles.